The fraction of sp³-hybridized carbons (Fsp3) is 0.385. The quantitative estimate of drug-likeness (QED) is 0.746. The van der Waals surface area contributed by atoms with Gasteiger partial charge in [-0.05, 0) is 17.5 Å². The lowest BCUT2D eigenvalue weighted by molar-refractivity contribution is 0.502. The van der Waals surface area contributed by atoms with E-state index in [0.717, 1.165) is 12.0 Å². The van der Waals surface area contributed by atoms with Gasteiger partial charge in [-0.2, -0.15) is 4.31 Å². The monoisotopic (exact) mass is 251 g/mol. The minimum absolute atomic E-state index is 0.00479. The summed E-state index contributed by atoms with van der Waals surface area (Å²) in [5.74, 6) is 2.32. The first-order valence-corrected chi connectivity index (χ1v) is 7.05. The first-order chi connectivity index (χ1) is 7.99. The molecule has 0 aliphatic rings. The molecule has 0 atom stereocenters. The molecule has 0 spiro atoms. The van der Waals surface area contributed by atoms with E-state index < -0.39 is 10.0 Å². The summed E-state index contributed by atoms with van der Waals surface area (Å²) in [5.41, 5.74) is 1.98. The third-order valence-corrected chi connectivity index (χ3v) is 4.35. The second-order valence-electron chi connectivity index (χ2n) is 3.89. The molecule has 3 nitrogen and oxygen atoms in total. The number of hydrogen-bond acceptors (Lipinski definition) is 2. The highest BCUT2D eigenvalue weighted by Crippen LogP contribution is 2.11. The summed E-state index contributed by atoms with van der Waals surface area (Å²) in [6.07, 6.45) is 6.05. The van der Waals surface area contributed by atoms with Gasteiger partial charge in [0.2, 0.25) is 10.0 Å². The summed E-state index contributed by atoms with van der Waals surface area (Å²) in [4.78, 5) is 0. The molecule has 0 fully saturated rings. The zero-order valence-electron chi connectivity index (χ0n) is 10.2. The van der Waals surface area contributed by atoms with Crippen LogP contribution < -0.4 is 0 Å². The van der Waals surface area contributed by atoms with Gasteiger partial charge in [0, 0.05) is 7.05 Å². The van der Waals surface area contributed by atoms with E-state index in [9.17, 15) is 8.42 Å². The van der Waals surface area contributed by atoms with E-state index in [1.165, 1.54) is 16.9 Å². The van der Waals surface area contributed by atoms with E-state index in [0.29, 0.717) is 0 Å². The minimum Gasteiger partial charge on any atom is -0.212 e. The first kappa shape index (κ1) is 13.8. The van der Waals surface area contributed by atoms with Crippen molar-refractivity contribution in [2.45, 2.75) is 19.1 Å². The fourth-order valence-corrected chi connectivity index (χ4v) is 2.52. The maximum atomic E-state index is 11.9. The Morgan fingerprint density at radius 3 is 2.24 bits per heavy atom. The van der Waals surface area contributed by atoms with Crippen molar-refractivity contribution in [3.8, 4) is 12.3 Å². The van der Waals surface area contributed by atoms with E-state index in [2.05, 4.69) is 12.8 Å². The van der Waals surface area contributed by atoms with Crippen LogP contribution in [0.5, 0.6) is 0 Å². The molecule has 0 amide bonds. The van der Waals surface area contributed by atoms with Gasteiger partial charge in [-0.3, -0.25) is 0 Å². The SMILES string of the molecule is C#CCN(C)S(=O)(=O)Cc1ccc(CC)cc1. The highest BCUT2D eigenvalue weighted by molar-refractivity contribution is 7.88. The molecule has 4 heteroatoms. The second-order valence-corrected chi connectivity index (χ2v) is 5.96. The third-order valence-electron chi connectivity index (χ3n) is 2.57. The molecule has 0 unspecified atom stereocenters. The average Bonchev–Trinajstić information content (AvgIpc) is 2.30. The molecule has 0 aliphatic carbocycles. The molecule has 0 saturated heterocycles. The van der Waals surface area contributed by atoms with E-state index in [4.69, 9.17) is 6.42 Å². The molecule has 1 aromatic carbocycles. The molecule has 17 heavy (non-hydrogen) atoms. The lowest BCUT2D eigenvalue weighted by Crippen LogP contribution is -2.28. The Hall–Kier alpha value is -1.31. The van der Waals surface area contributed by atoms with Crippen LogP contribution in [0.2, 0.25) is 0 Å². The lowest BCUT2D eigenvalue weighted by atomic mass is 10.1. The predicted molar refractivity (Wildman–Crippen MR) is 69.9 cm³/mol. The molecular formula is C13H17NO2S. The first-order valence-electron chi connectivity index (χ1n) is 5.45. The molecule has 0 N–H and O–H groups in total. The van der Waals surface area contributed by atoms with Crippen LogP contribution in [-0.2, 0) is 22.2 Å². The molecule has 1 rings (SSSR count). The Morgan fingerprint density at radius 2 is 1.76 bits per heavy atom. The smallest absolute Gasteiger partial charge is 0.212 e. The average molecular weight is 251 g/mol. The maximum Gasteiger partial charge on any atom is 0.218 e. The zero-order chi connectivity index (χ0) is 12.9. The Kier molecular flexibility index (Phi) is 4.73. The predicted octanol–water partition coefficient (Wildman–Crippen LogP) is 1.64. The van der Waals surface area contributed by atoms with Gasteiger partial charge in [-0.15, -0.1) is 6.42 Å². The number of rotatable bonds is 5. The van der Waals surface area contributed by atoms with Crippen molar-refractivity contribution < 1.29 is 8.42 Å². The van der Waals surface area contributed by atoms with E-state index in [-0.39, 0.29) is 12.3 Å². The maximum absolute atomic E-state index is 11.9. The molecule has 1 aromatic rings. The van der Waals surface area contributed by atoms with Gasteiger partial charge in [0.25, 0.3) is 0 Å². The van der Waals surface area contributed by atoms with Crippen molar-refractivity contribution in [3.63, 3.8) is 0 Å². The van der Waals surface area contributed by atoms with Crippen molar-refractivity contribution in [2.24, 2.45) is 0 Å². The van der Waals surface area contributed by atoms with Crippen LogP contribution in [0.25, 0.3) is 0 Å². The van der Waals surface area contributed by atoms with Crippen LogP contribution >= 0.6 is 0 Å². The van der Waals surface area contributed by atoms with Crippen molar-refractivity contribution in [1.82, 2.24) is 4.31 Å². The van der Waals surface area contributed by atoms with Crippen molar-refractivity contribution >= 4 is 10.0 Å². The largest absolute Gasteiger partial charge is 0.218 e. The standard InChI is InChI=1S/C13H17NO2S/c1-4-10-14(3)17(15,16)11-13-8-6-12(5-2)7-9-13/h1,6-9H,5,10-11H2,2-3H3. The normalized spacial score (nSPS) is 11.4. The van der Waals surface area contributed by atoms with Gasteiger partial charge in [0.05, 0.1) is 12.3 Å². The van der Waals surface area contributed by atoms with Gasteiger partial charge in [0.1, 0.15) is 0 Å². The highest BCUT2D eigenvalue weighted by Gasteiger charge is 2.17. The fourth-order valence-electron chi connectivity index (χ4n) is 1.42. The summed E-state index contributed by atoms with van der Waals surface area (Å²) in [5, 5.41) is 0. The van der Waals surface area contributed by atoms with Crippen LogP contribution in [0.15, 0.2) is 24.3 Å². The number of aryl methyl sites for hydroxylation is 1. The topological polar surface area (TPSA) is 37.4 Å². The zero-order valence-corrected chi connectivity index (χ0v) is 11.0. The summed E-state index contributed by atoms with van der Waals surface area (Å²) in [6, 6.07) is 7.60. The van der Waals surface area contributed by atoms with Gasteiger partial charge < -0.3 is 0 Å². The minimum atomic E-state index is -3.30. The molecule has 0 heterocycles. The molecular weight excluding hydrogens is 234 g/mol. The highest BCUT2D eigenvalue weighted by atomic mass is 32.2. The Bertz CT molecular complexity index is 497. The number of sulfonamides is 1. The van der Waals surface area contributed by atoms with Crippen molar-refractivity contribution in [1.29, 1.82) is 0 Å². The van der Waals surface area contributed by atoms with Crippen LogP contribution in [0.1, 0.15) is 18.1 Å². The summed E-state index contributed by atoms with van der Waals surface area (Å²) < 4.78 is 24.9. The van der Waals surface area contributed by atoms with Crippen molar-refractivity contribution in [2.75, 3.05) is 13.6 Å². The number of nitrogens with zero attached hydrogens (tertiary/aromatic N) is 1. The number of terminal acetylenes is 1. The van der Waals surface area contributed by atoms with E-state index in [1.54, 1.807) is 0 Å². The Balaban J connectivity index is 2.80. The van der Waals surface area contributed by atoms with Gasteiger partial charge in [-0.1, -0.05) is 37.1 Å². The van der Waals surface area contributed by atoms with E-state index in [1.807, 2.05) is 24.3 Å². The number of benzene rings is 1. The van der Waals surface area contributed by atoms with Crippen LogP contribution in [0.3, 0.4) is 0 Å². The van der Waals surface area contributed by atoms with Gasteiger partial charge in [0.15, 0.2) is 0 Å². The number of hydrogen-bond donors (Lipinski definition) is 0. The summed E-state index contributed by atoms with van der Waals surface area (Å²) in [7, 11) is -1.81. The van der Waals surface area contributed by atoms with Gasteiger partial charge >= 0.3 is 0 Å². The van der Waals surface area contributed by atoms with E-state index >= 15 is 0 Å². The summed E-state index contributed by atoms with van der Waals surface area (Å²) >= 11 is 0. The molecule has 0 radical (unpaired) electrons. The lowest BCUT2D eigenvalue weighted by Gasteiger charge is -2.14. The molecule has 0 aliphatic heterocycles. The molecule has 0 bridgehead atoms. The van der Waals surface area contributed by atoms with Crippen LogP contribution in [0.4, 0.5) is 0 Å². The van der Waals surface area contributed by atoms with Crippen molar-refractivity contribution in [3.05, 3.63) is 35.4 Å². The van der Waals surface area contributed by atoms with Crippen LogP contribution in [-0.4, -0.2) is 26.3 Å². The second kappa shape index (κ2) is 5.85. The Labute approximate surface area is 104 Å². The third kappa shape index (κ3) is 3.88. The van der Waals surface area contributed by atoms with Crippen LogP contribution in [0, 0.1) is 12.3 Å². The molecule has 92 valence electrons. The van der Waals surface area contributed by atoms with Gasteiger partial charge in [-0.25, -0.2) is 8.42 Å². The molecule has 0 saturated carbocycles. The Morgan fingerprint density at radius 1 is 1.24 bits per heavy atom. The summed E-state index contributed by atoms with van der Waals surface area (Å²) in [6.45, 7) is 2.17. The molecule has 0 aromatic heterocycles.